The molecule has 6 heteroatoms. The molecule has 0 aromatic carbocycles. The fourth-order valence-corrected chi connectivity index (χ4v) is 5.55. The van der Waals surface area contributed by atoms with E-state index in [0.717, 1.165) is 51.4 Å². The summed E-state index contributed by atoms with van der Waals surface area (Å²) < 4.78 is 0. The van der Waals surface area contributed by atoms with Crippen molar-refractivity contribution in [1.82, 2.24) is 9.80 Å². The molecule has 0 aromatic rings. The van der Waals surface area contributed by atoms with Gasteiger partial charge in [-0.15, -0.1) is 23.2 Å². The third-order valence-corrected chi connectivity index (χ3v) is 7.28. The van der Waals surface area contributed by atoms with Gasteiger partial charge in [0.2, 0.25) is 11.8 Å². The highest BCUT2D eigenvalue weighted by atomic mass is 35.5. The Hall–Kier alpha value is -0.480. The Labute approximate surface area is 167 Å². The van der Waals surface area contributed by atoms with E-state index in [4.69, 9.17) is 23.2 Å². The smallest absolute Gasteiger partial charge is 0.246 e. The molecule has 3 atom stereocenters. The third-order valence-electron chi connectivity index (χ3n) is 6.45. The van der Waals surface area contributed by atoms with E-state index >= 15 is 0 Å². The number of carbonyl (C=O) groups is 2. The van der Waals surface area contributed by atoms with Crippen LogP contribution >= 0.6 is 23.2 Å². The number of nitrogens with zero attached hydrogens (tertiary/aromatic N) is 2. The largest absolute Gasteiger partial charge is 0.329 e. The molecule has 0 spiro atoms. The summed E-state index contributed by atoms with van der Waals surface area (Å²) in [6, 6.07) is -0.271. The summed E-state index contributed by atoms with van der Waals surface area (Å²) in [4.78, 5) is 30.0. The zero-order chi connectivity index (χ0) is 18.8. The van der Waals surface area contributed by atoms with Crippen molar-refractivity contribution in [2.24, 2.45) is 11.8 Å². The second-order valence-corrected chi connectivity index (χ2v) is 9.93. The molecule has 4 nitrogen and oxygen atoms in total. The van der Waals surface area contributed by atoms with Gasteiger partial charge in [-0.2, -0.15) is 0 Å². The number of amides is 2. The molecule has 26 heavy (non-hydrogen) atoms. The highest BCUT2D eigenvalue weighted by molar-refractivity contribution is 6.20. The molecule has 1 aliphatic heterocycles. The Morgan fingerprint density at radius 1 is 1.00 bits per heavy atom. The molecular weight excluding hydrogens is 371 g/mol. The first kappa shape index (κ1) is 20.3. The molecule has 0 N–H and O–H groups in total. The predicted molar refractivity (Wildman–Crippen MR) is 106 cm³/mol. The number of hydrogen-bond donors (Lipinski definition) is 0. The van der Waals surface area contributed by atoms with Crippen molar-refractivity contribution in [3.8, 4) is 0 Å². The summed E-state index contributed by atoms with van der Waals surface area (Å²) in [6.07, 6.45) is 8.01. The van der Waals surface area contributed by atoms with Gasteiger partial charge in [0, 0.05) is 23.3 Å². The quantitative estimate of drug-likeness (QED) is 0.665. The van der Waals surface area contributed by atoms with Gasteiger partial charge in [-0.3, -0.25) is 9.59 Å². The second-order valence-electron chi connectivity index (χ2n) is 8.69. The lowest BCUT2D eigenvalue weighted by atomic mass is 9.80. The summed E-state index contributed by atoms with van der Waals surface area (Å²) >= 11 is 12.7. The Balaban J connectivity index is 1.79. The number of carbonyl (C=O) groups excluding carboxylic acids is 2. The van der Waals surface area contributed by atoms with Crippen LogP contribution in [0.2, 0.25) is 0 Å². The van der Waals surface area contributed by atoms with Crippen molar-refractivity contribution in [3.05, 3.63) is 0 Å². The molecule has 3 rings (SSSR count). The van der Waals surface area contributed by atoms with E-state index in [1.807, 2.05) is 18.7 Å². The van der Waals surface area contributed by atoms with Crippen LogP contribution in [0, 0.1) is 11.8 Å². The van der Waals surface area contributed by atoms with Crippen LogP contribution in [0.25, 0.3) is 0 Å². The summed E-state index contributed by atoms with van der Waals surface area (Å²) in [5.41, 5.74) is 0. The summed E-state index contributed by atoms with van der Waals surface area (Å²) in [7, 11) is 0. The topological polar surface area (TPSA) is 40.6 Å². The van der Waals surface area contributed by atoms with Crippen LogP contribution in [0.15, 0.2) is 0 Å². The van der Waals surface area contributed by atoms with Gasteiger partial charge >= 0.3 is 0 Å². The van der Waals surface area contributed by atoms with E-state index in [0.29, 0.717) is 12.5 Å². The van der Waals surface area contributed by atoms with Crippen molar-refractivity contribution in [3.63, 3.8) is 0 Å². The first-order chi connectivity index (χ1) is 12.4. The Kier molecular flexibility index (Phi) is 6.77. The maximum Gasteiger partial charge on any atom is 0.246 e. The highest BCUT2D eigenvalue weighted by Gasteiger charge is 2.45. The molecule has 2 aliphatic carbocycles. The molecule has 1 heterocycles. The van der Waals surface area contributed by atoms with Gasteiger partial charge in [0.05, 0.1) is 0 Å². The maximum atomic E-state index is 13.3. The maximum absolute atomic E-state index is 13.3. The molecule has 0 bridgehead atoms. The normalized spacial score (nSPS) is 36.7. The number of rotatable bonds is 4. The highest BCUT2D eigenvalue weighted by Crippen LogP contribution is 2.36. The minimum atomic E-state index is -0.325. The SMILES string of the molecule is CC(C)N1CC(=O)N(CC2CCC(Cl)CC2)C(C2CCCC(Cl)C2)C1=O. The zero-order valence-corrected chi connectivity index (χ0v) is 17.5. The lowest BCUT2D eigenvalue weighted by Crippen LogP contribution is -2.64. The molecule has 2 saturated carbocycles. The van der Waals surface area contributed by atoms with Crippen molar-refractivity contribution in [2.45, 2.75) is 88.1 Å². The van der Waals surface area contributed by atoms with Crippen LogP contribution in [-0.4, -0.2) is 57.5 Å². The second kappa shape index (κ2) is 8.68. The van der Waals surface area contributed by atoms with Crippen molar-refractivity contribution >= 4 is 35.0 Å². The minimum absolute atomic E-state index is 0.0539. The summed E-state index contributed by atoms with van der Waals surface area (Å²) in [5.74, 6) is 0.883. The zero-order valence-electron chi connectivity index (χ0n) is 16.0. The predicted octanol–water partition coefficient (Wildman–Crippen LogP) is 4.03. The lowest BCUT2D eigenvalue weighted by Gasteiger charge is -2.47. The third kappa shape index (κ3) is 4.49. The van der Waals surface area contributed by atoms with E-state index in [1.54, 1.807) is 4.90 Å². The average Bonchev–Trinajstić information content (AvgIpc) is 2.59. The van der Waals surface area contributed by atoms with Gasteiger partial charge in [-0.1, -0.05) is 6.42 Å². The van der Waals surface area contributed by atoms with Crippen LogP contribution in [-0.2, 0) is 9.59 Å². The first-order valence-corrected chi connectivity index (χ1v) is 11.1. The Morgan fingerprint density at radius 3 is 2.31 bits per heavy atom. The number of piperazine rings is 1. The van der Waals surface area contributed by atoms with Gasteiger partial charge in [0.15, 0.2) is 0 Å². The van der Waals surface area contributed by atoms with Crippen LogP contribution < -0.4 is 0 Å². The Morgan fingerprint density at radius 2 is 1.69 bits per heavy atom. The van der Waals surface area contributed by atoms with E-state index in [2.05, 4.69) is 0 Å². The molecule has 3 unspecified atom stereocenters. The van der Waals surface area contributed by atoms with Crippen molar-refractivity contribution in [2.75, 3.05) is 13.1 Å². The van der Waals surface area contributed by atoms with Crippen molar-refractivity contribution in [1.29, 1.82) is 0 Å². The molecule has 3 aliphatic rings. The molecule has 2 amide bonds. The van der Waals surface area contributed by atoms with Crippen LogP contribution in [0.3, 0.4) is 0 Å². The summed E-state index contributed by atoms with van der Waals surface area (Å²) in [6.45, 7) is 4.90. The Bertz CT molecular complexity index is 520. The van der Waals surface area contributed by atoms with Gasteiger partial charge in [-0.25, -0.2) is 0 Å². The number of halogens is 2. The minimum Gasteiger partial charge on any atom is -0.329 e. The standard InChI is InChI=1S/C20H32Cl2N2O2/c1-13(2)23-12-18(25)24(11-14-6-8-16(21)9-7-14)19(20(23)26)15-4-3-5-17(22)10-15/h13-17,19H,3-12H2,1-2H3. The van der Waals surface area contributed by atoms with E-state index in [-0.39, 0.29) is 47.1 Å². The van der Waals surface area contributed by atoms with E-state index in [1.165, 1.54) is 0 Å². The fourth-order valence-electron chi connectivity index (χ4n) is 4.92. The number of hydrogen-bond acceptors (Lipinski definition) is 2. The van der Waals surface area contributed by atoms with Crippen LogP contribution in [0.1, 0.15) is 65.2 Å². The monoisotopic (exact) mass is 402 g/mol. The van der Waals surface area contributed by atoms with Crippen molar-refractivity contribution < 1.29 is 9.59 Å². The number of alkyl halides is 2. The lowest BCUT2D eigenvalue weighted by molar-refractivity contribution is -0.161. The fraction of sp³-hybridized carbons (Fsp3) is 0.900. The summed E-state index contributed by atoms with van der Waals surface area (Å²) in [5, 5.41) is 0.395. The average molecular weight is 403 g/mol. The van der Waals surface area contributed by atoms with Gasteiger partial charge in [0.25, 0.3) is 0 Å². The molecule has 148 valence electrons. The van der Waals surface area contributed by atoms with E-state index < -0.39 is 0 Å². The molecule has 1 saturated heterocycles. The molecule has 0 radical (unpaired) electrons. The molecular formula is C20H32Cl2N2O2. The molecule has 3 fully saturated rings. The first-order valence-electron chi connectivity index (χ1n) is 10.2. The van der Waals surface area contributed by atoms with Gasteiger partial charge in [-0.05, 0) is 70.6 Å². The van der Waals surface area contributed by atoms with Crippen LogP contribution in [0.4, 0.5) is 0 Å². The van der Waals surface area contributed by atoms with Gasteiger partial charge in [0.1, 0.15) is 12.6 Å². The van der Waals surface area contributed by atoms with Gasteiger partial charge < -0.3 is 9.80 Å². The molecule has 0 aromatic heterocycles. The van der Waals surface area contributed by atoms with E-state index in [9.17, 15) is 9.59 Å². The van der Waals surface area contributed by atoms with Crippen LogP contribution in [0.5, 0.6) is 0 Å².